The van der Waals surface area contributed by atoms with Crippen LogP contribution in [0, 0.1) is 0 Å². The van der Waals surface area contributed by atoms with Crippen molar-refractivity contribution in [3.8, 4) is 0 Å². The lowest BCUT2D eigenvalue weighted by Gasteiger charge is -2.07. The van der Waals surface area contributed by atoms with Crippen LogP contribution < -0.4 is 10.6 Å². The molecule has 0 aliphatic rings. The van der Waals surface area contributed by atoms with Crippen LogP contribution >= 0.6 is 11.8 Å². The van der Waals surface area contributed by atoms with Crippen molar-refractivity contribution in [1.82, 2.24) is 10.6 Å². The first-order valence-electron chi connectivity index (χ1n) is 6.28. The summed E-state index contributed by atoms with van der Waals surface area (Å²) in [5.41, 5.74) is 1.14. The largest absolute Gasteiger partial charge is 0.352 e. The molecule has 18 heavy (non-hydrogen) atoms. The topological polar surface area (TPSA) is 41.1 Å². The van der Waals surface area contributed by atoms with E-state index in [-0.39, 0.29) is 5.91 Å². The molecule has 1 amide bonds. The molecule has 0 fully saturated rings. The average molecular weight is 266 g/mol. The number of rotatable bonds is 7. The van der Waals surface area contributed by atoms with Crippen molar-refractivity contribution >= 4 is 17.7 Å². The standard InChI is InChI=1S/C14H22N2OS/c1-11(2)18-13-6-4-12(5-7-13)10-16-14(17)8-9-15-3/h4-7,11,15H,8-10H2,1-3H3,(H,16,17). The number of hydrogen-bond donors (Lipinski definition) is 2. The van der Waals surface area contributed by atoms with Crippen LogP contribution in [-0.2, 0) is 11.3 Å². The lowest BCUT2D eigenvalue weighted by molar-refractivity contribution is -0.121. The highest BCUT2D eigenvalue weighted by Gasteiger charge is 2.01. The second kappa shape index (κ2) is 8.16. The lowest BCUT2D eigenvalue weighted by atomic mass is 10.2. The average Bonchev–Trinajstić information content (AvgIpc) is 2.35. The molecule has 100 valence electrons. The van der Waals surface area contributed by atoms with Crippen LogP contribution in [0.15, 0.2) is 29.2 Å². The zero-order valence-corrected chi connectivity index (χ0v) is 12.1. The number of hydrogen-bond acceptors (Lipinski definition) is 3. The van der Waals surface area contributed by atoms with Gasteiger partial charge in [0.05, 0.1) is 0 Å². The molecule has 0 bridgehead atoms. The van der Waals surface area contributed by atoms with E-state index in [4.69, 9.17) is 0 Å². The molecular weight excluding hydrogens is 244 g/mol. The van der Waals surface area contributed by atoms with Crippen LogP contribution in [0.4, 0.5) is 0 Å². The quantitative estimate of drug-likeness (QED) is 0.745. The van der Waals surface area contributed by atoms with Crippen LogP contribution in [-0.4, -0.2) is 24.7 Å². The third-order valence-electron chi connectivity index (χ3n) is 2.39. The molecule has 0 saturated heterocycles. The van der Waals surface area contributed by atoms with Crippen LogP contribution in [0.3, 0.4) is 0 Å². The van der Waals surface area contributed by atoms with Gasteiger partial charge in [-0.05, 0) is 24.7 Å². The van der Waals surface area contributed by atoms with Gasteiger partial charge in [0.25, 0.3) is 0 Å². The zero-order valence-electron chi connectivity index (χ0n) is 11.3. The Hall–Kier alpha value is -1.00. The molecule has 1 aromatic carbocycles. The van der Waals surface area contributed by atoms with Gasteiger partial charge in [0, 0.05) is 29.7 Å². The van der Waals surface area contributed by atoms with Gasteiger partial charge in [-0.25, -0.2) is 0 Å². The molecular formula is C14H22N2OS. The Labute approximate surface area is 114 Å². The van der Waals surface area contributed by atoms with E-state index in [0.29, 0.717) is 18.2 Å². The molecule has 1 rings (SSSR count). The van der Waals surface area contributed by atoms with E-state index in [2.05, 4.69) is 48.7 Å². The van der Waals surface area contributed by atoms with Crippen molar-refractivity contribution in [3.05, 3.63) is 29.8 Å². The van der Waals surface area contributed by atoms with Gasteiger partial charge in [0.2, 0.25) is 5.91 Å². The summed E-state index contributed by atoms with van der Waals surface area (Å²) in [6.07, 6.45) is 0.526. The number of carbonyl (C=O) groups is 1. The Bertz CT molecular complexity index is 363. The van der Waals surface area contributed by atoms with Crippen molar-refractivity contribution in [2.75, 3.05) is 13.6 Å². The molecule has 3 nitrogen and oxygen atoms in total. The number of carbonyl (C=O) groups excluding carboxylic acids is 1. The molecule has 0 aliphatic carbocycles. The molecule has 0 spiro atoms. The summed E-state index contributed by atoms with van der Waals surface area (Å²) in [4.78, 5) is 12.7. The maximum atomic E-state index is 11.4. The second-order valence-corrected chi connectivity index (χ2v) is 6.09. The SMILES string of the molecule is CNCCC(=O)NCc1ccc(SC(C)C)cc1. The van der Waals surface area contributed by atoms with Crippen LogP contribution in [0.2, 0.25) is 0 Å². The van der Waals surface area contributed by atoms with Gasteiger partial charge in [0.1, 0.15) is 0 Å². The first-order chi connectivity index (χ1) is 8.61. The summed E-state index contributed by atoms with van der Waals surface area (Å²) in [7, 11) is 1.85. The summed E-state index contributed by atoms with van der Waals surface area (Å²) in [6, 6.07) is 8.37. The number of thioether (sulfide) groups is 1. The van der Waals surface area contributed by atoms with Gasteiger partial charge in [0.15, 0.2) is 0 Å². The molecule has 0 saturated carbocycles. The monoisotopic (exact) mass is 266 g/mol. The molecule has 1 aromatic rings. The predicted octanol–water partition coefficient (Wildman–Crippen LogP) is 2.41. The molecule has 0 atom stereocenters. The minimum absolute atomic E-state index is 0.0879. The smallest absolute Gasteiger partial charge is 0.221 e. The Morgan fingerprint density at radius 2 is 1.94 bits per heavy atom. The second-order valence-electron chi connectivity index (χ2n) is 4.44. The van der Waals surface area contributed by atoms with Crippen molar-refractivity contribution in [1.29, 1.82) is 0 Å². The van der Waals surface area contributed by atoms with Crippen LogP contribution in [0.1, 0.15) is 25.8 Å². The maximum Gasteiger partial charge on any atom is 0.221 e. The fraction of sp³-hybridized carbons (Fsp3) is 0.500. The first kappa shape index (κ1) is 15.1. The summed E-state index contributed by atoms with van der Waals surface area (Å²) in [5, 5.41) is 6.46. The van der Waals surface area contributed by atoms with Gasteiger partial charge in [-0.1, -0.05) is 26.0 Å². The Morgan fingerprint density at radius 3 is 2.50 bits per heavy atom. The van der Waals surface area contributed by atoms with Gasteiger partial charge in [-0.3, -0.25) is 4.79 Å². The highest BCUT2D eigenvalue weighted by Crippen LogP contribution is 2.22. The van der Waals surface area contributed by atoms with Crippen LogP contribution in [0.25, 0.3) is 0 Å². The molecule has 0 aromatic heterocycles. The maximum absolute atomic E-state index is 11.4. The zero-order chi connectivity index (χ0) is 13.4. The molecule has 4 heteroatoms. The van der Waals surface area contributed by atoms with E-state index < -0.39 is 0 Å². The number of benzene rings is 1. The van der Waals surface area contributed by atoms with Gasteiger partial charge in [-0.2, -0.15) is 0 Å². The number of nitrogens with one attached hydrogen (secondary N) is 2. The minimum Gasteiger partial charge on any atom is -0.352 e. The third kappa shape index (κ3) is 6.07. The summed E-state index contributed by atoms with van der Waals surface area (Å²) >= 11 is 1.85. The van der Waals surface area contributed by atoms with E-state index in [1.165, 1.54) is 4.90 Å². The van der Waals surface area contributed by atoms with Crippen molar-refractivity contribution in [2.45, 2.75) is 37.0 Å². The van der Waals surface area contributed by atoms with Crippen LogP contribution in [0.5, 0.6) is 0 Å². The van der Waals surface area contributed by atoms with E-state index >= 15 is 0 Å². The summed E-state index contributed by atoms with van der Waals surface area (Å²) in [6.45, 7) is 5.69. The fourth-order valence-corrected chi connectivity index (χ4v) is 2.32. The van der Waals surface area contributed by atoms with E-state index in [1.54, 1.807) is 0 Å². The fourth-order valence-electron chi connectivity index (χ4n) is 1.49. The third-order valence-corrected chi connectivity index (χ3v) is 3.40. The highest BCUT2D eigenvalue weighted by atomic mass is 32.2. The number of amides is 1. The molecule has 0 aliphatic heterocycles. The molecule has 2 N–H and O–H groups in total. The lowest BCUT2D eigenvalue weighted by Crippen LogP contribution is -2.26. The Balaban J connectivity index is 2.37. The molecule has 0 unspecified atom stereocenters. The van der Waals surface area contributed by atoms with Gasteiger partial charge in [-0.15, -0.1) is 11.8 Å². The normalized spacial score (nSPS) is 10.7. The van der Waals surface area contributed by atoms with Crippen molar-refractivity contribution in [2.24, 2.45) is 0 Å². The van der Waals surface area contributed by atoms with Gasteiger partial charge < -0.3 is 10.6 Å². The first-order valence-corrected chi connectivity index (χ1v) is 7.16. The van der Waals surface area contributed by atoms with E-state index in [9.17, 15) is 4.79 Å². The Morgan fingerprint density at radius 1 is 1.28 bits per heavy atom. The summed E-state index contributed by atoms with van der Waals surface area (Å²) < 4.78 is 0. The van der Waals surface area contributed by atoms with Crippen molar-refractivity contribution in [3.63, 3.8) is 0 Å². The van der Waals surface area contributed by atoms with Crippen molar-refractivity contribution < 1.29 is 4.79 Å². The van der Waals surface area contributed by atoms with E-state index in [0.717, 1.165) is 12.1 Å². The highest BCUT2D eigenvalue weighted by molar-refractivity contribution is 7.99. The van der Waals surface area contributed by atoms with E-state index in [1.807, 2.05) is 18.8 Å². The van der Waals surface area contributed by atoms with Gasteiger partial charge >= 0.3 is 0 Å². The Kier molecular flexibility index (Phi) is 6.83. The minimum atomic E-state index is 0.0879. The predicted molar refractivity (Wildman–Crippen MR) is 77.8 cm³/mol. The summed E-state index contributed by atoms with van der Waals surface area (Å²) in [5.74, 6) is 0.0879. The molecule has 0 radical (unpaired) electrons. The molecule has 0 heterocycles.